The molecule has 2 aromatic rings. The van der Waals surface area contributed by atoms with Gasteiger partial charge in [-0.2, -0.15) is 0 Å². The smallest absolute Gasteiger partial charge is 0.268 e. The SMILES string of the molecule is Cc1cc(O)c(I)c(=O)n1Cc1ccncc1. The second-order valence-corrected chi connectivity index (χ2v) is 4.81. The molecule has 0 bridgehead atoms. The van der Waals surface area contributed by atoms with E-state index in [-0.39, 0.29) is 11.3 Å². The first-order valence-corrected chi connectivity index (χ1v) is 6.15. The van der Waals surface area contributed by atoms with Gasteiger partial charge in [-0.3, -0.25) is 9.78 Å². The molecule has 0 saturated heterocycles. The predicted octanol–water partition coefficient (Wildman–Crippen LogP) is 1.91. The van der Waals surface area contributed by atoms with Gasteiger partial charge in [0.25, 0.3) is 5.56 Å². The molecule has 5 heteroatoms. The molecule has 88 valence electrons. The first kappa shape index (κ1) is 12.1. The molecule has 0 unspecified atom stereocenters. The maximum atomic E-state index is 12.0. The zero-order valence-electron chi connectivity index (χ0n) is 9.22. The van der Waals surface area contributed by atoms with Gasteiger partial charge in [-0.1, -0.05) is 0 Å². The van der Waals surface area contributed by atoms with Gasteiger partial charge in [0.15, 0.2) is 0 Å². The highest BCUT2D eigenvalue weighted by atomic mass is 127. The molecule has 0 aromatic carbocycles. The van der Waals surface area contributed by atoms with Crippen LogP contribution in [0.1, 0.15) is 11.3 Å². The van der Waals surface area contributed by atoms with Crippen LogP contribution < -0.4 is 5.56 Å². The maximum Gasteiger partial charge on any atom is 0.268 e. The van der Waals surface area contributed by atoms with Gasteiger partial charge in [-0.05, 0) is 47.2 Å². The van der Waals surface area contributed by atoms with Gasteiger partial charge in [0, 0.05) is 24.2 Å². The summed E-state index contributed by atoms with van der Waals surface area (Å²) >= 11 is 1.86. The number of aromatic hydroxyl groups is 1. The molecule has 1 N–H and O–H groups in total. The van der Waals surface area contributed by atoms with Crippen molar-refractivity contribution in [2.45, 2.75) is 13.5 Å². The van der Waals surface area contributed by atoms with Crippen molar-refractivity contribution >= 4 is 22.6 Å². The fourth-order valence-corrected chi connectivity index (χ4v) is 2.04. The second kappa shape index (κ2) is 4.87. The van der Waals surface area contributed by atoms with E-state index in [1.807, 2.05) is 34.7 Å². The number of hydrogen-bond donors (Lipinski definition) is 1. The highest BCUT2D eigenvalue weighted by molar-refractivity contribution is 14.1. The summed E-state index contributed by atoms with van der Waals surface area (Å²) in [7, 11) is 0. The molecule has 0 atom stereocenters. The van der Waals surface area contributed by atoms with Crippen molar-refractivity contribution in [3.8, 4) is 5.75 Å². The first-order chi connectivity index (χ1) is 8.09. The Bertz CT molecular complexity index is 593. The van der Waals surface area contributed by atoms with E-state index in [0.717, 1.165) is 11.3 Å². The molecule has 0 aliphatic heterocycles. The molecule has 0 radical (unpaired) electrons. The van der Waals surface area contributed by atoms with E-state index in [9.17, 15) is 9.90 Å². The van der Waals surface area contributed by atoms with E-state index < -0.39 is 0 Å². The molecular formula is C12H11IN2O2. The van der Waals surface area contributed by atoms with E-state index in [2.05, 4.69) is 4.98 Å². The number of pyridine rings is 2. The minimum Gasteiger partial charge on any atom is -0.507 e. The molecule has 0 aliphatic carbocycles. The number of rotatable bonds is 2. The zero-order valence-corrected chi connectivity index (χ0v) is 11.4. The molecule has 17 heavy (non-hydrogen) atoms. The molecule has 4 nitrogen and oxygen atoms in total. The Morgan fingerprint density at radius 2 is 2.06 bits per heavy atom. The lowest BCUT2D eigenvalue weighted by molar-refractivity contribution is 0.465. The molecule has 0 spiro atoms. The maximum absolute atomic E-state index is 12.0. The minimum absolute atomic E-state index is 0.0408. The van der Waals surface area contributed by atoms with Crippen LogP contribution in [-0.2, 0) is 6.54 Å². The Morgan fingerprint density at radius 3 is 2.71 bits per heavy atom. The van der Waals surface area contributed by atoms with Gasteiger partial charge < -0.3 is 9.67 Å². The summed E-state index contributed by atoms with van der Waals surface area (Å²) in [5.74, 6) is 0.0408. The van der Waals surface area contributed by atoms with Crippen molar-refractivity contribution in [3.63, 3.8) is 0 Å². The zero-order chi connectivity index (χ0) is 12.4. The summed E-state index contributed by atoms with van der Waals surface area (Å²) in [5, 5.41) is 9.54. The Balaban J connectivity index is 2.47. The molecular weight excluding hydrogens is 331 g/mol. The van der Waals surface area contributed by atoms with Crippen LogP contribution in [0, 0.1) is 10.5 Å². The Hall–Kier alpha value is -1.37. The Labute approximate surface area is 112 Å². The van der Waals surface area contributed by atoms with Crippen molar-refractivity contribution in [3.05, 3.63) is 55.8 Å². The third-order valence-electron chi connectivity index (χ3n) is 2.52. The Morgan fingerprint density at radius 1 is 1.41 bits per heavy atom. The van der Waals surface area contributed by atoms with Gasteiger partial charge in [-0.15, -0.1) is 0 Å². The number of halogens is 1. The summed E-state index contributed by atoms with van der Waals surface area (Å²) < 4.78 is 1.99. The van der Waals surface area contributed by atoms with E-state index in [1.54, 1.807) is 30.0 Å². The van der Waals surface area contributed by atoms with Crippen molar-refractivity contribution in [2.24, 2.45) is 0 Å². The number of aryl methyl sites for hydroxylation is 1. The summed E-state index contributed by atoms with van der Waals surface area (Å²) in [4.78, 5) is 15.9. The topological polar surface area (TPSA) is 55.1 Å². The third-order valence-corrected chi connectivity index (χ3v) is 3.53. The fraction of sp³-hybridized carbons (Fsp3) is 0.167. The van der Waals surface area contributed by atoms with Gasteiger partial charge in [0.05, 0.1) is 6.54 Å². The Kier molecular flexibility index (Phi) is 3.46. The quantitative estimate of drug-likeness (QED) is 0.849. The van der Waals surface area contributed by atoms with E-state index in [4.69, 9.17) is 0 Å². The van der Waals surface area contributed by atoms with Gasteiger partial charge >= 0.3 is 0 Å². The molecule has 0 saturated carbocycles. The lowest BCUT2D eigenvalue weighted by Crippen LogP contribution is -2.24. The lowest BCUT2D eigenvalue weighted by atomic mass is 10.2. The van der Waals surface area contributed by atoms with E-state index in [1.165, 1.54) is 0 Å². The standard InChI is InChI=1S/C12H11IN2O2/c1-8-6-10(16)11(13)12(17)15(8)7-9-2-4-14-5-3-9/h2-6,16H,7H2,1H3. The van der Waals surface area contributed by atoms with Crippen LogP contribution in [0.5, 0.6) is 5.75 Å². The summed E-state index contributed by atoms with van der Waals surface area (Å²) in [6.07, 6.45) is 3.39. The van der Waals surface area contributed by atoms with Crippen molar-refractivity contribution in [2.75, 3.05) is 0 Å². The molecule has 0 fully saturated rings. The van der Waals surface area contributed by atoms with Crippen LogP contribution in [0.15, 0.2) is 35.4 Å². The predicted molar refractivity (Wildman–Crippen MR) is 73.2 cm³/mol. The minimum atomic E-state index is -0.167. The van der Waals surface area contributed by atoms with Crippen LogP contribution in [-0.4, -0.2) is 14.7 Å². The van der Waals surface area contributed by atoms with Gasteiger partial charge in [-0.25, -0.2) is 0 Å². The highest BCUT2D eigenvalue weighted by Crippen LogP contribution is 2.16. The van der Waals surface area contributed by atoms with Gasteiger partial charge in [0.1, 0.15) is 9.32 Å². The molecule has 2 heterocycles. The number of hydrogen-bond acceptors (Lipinski definition) is 3. The van der Waals surface area contributed by atoms with Crippen LogP contribution in [0.3, 0.4) is 0 Å². The fourth-order valence-electron chi connectivity index (χ4n) is 1.59. The summed E-state index contributed by atoms with van der Waals surface area (Å²) in [6, 6.07) is 5.33. The van der Waals surface area contributed by atoms with Crippen molar-refractivity contribution in [1.29, 1.82) is 0 Å². The molecule has 2 aromatic heterocycles. The first-order valence-electron chi connectivity index (χ1n) is 5.07. The third kappa shape index (κ3) is 2.49. The second-order valence-electron chi connectivity index (χ2n) is 3.73. The highest BCUT2D eigenvalue weighted by Gasteiger charge is 2.09. The van der Waals surface area contributed by atoms with Crippen LogP contribution >= 0.6 is 22.6 Å². The summed E-state index contributed by atoms with van der Waals surface area (Å²) in [6.45, 7) is 2.29. The van der Waals surface area contributed by atoms with Crippen molar-refractivity contribution < 1.29 is 5.11 Å². The average molecular weight is 342 g/mol. The monoisotopic (exact) mass is 342 g/mol. The van der Waals surface area contributed by atoms with Gasteiger partial charge in [0.2, 0.25) is 0 Å². The van der Waals surface area contributed by atoms with Crippen LogP contribution in [0.2, 0.25) is 0 Å². The van der Waals surface area contributed by atoms with E-state index >= 15 is 0 Å². The number of nitrogens with zero attached hydrogens (tertiary/aromatic N) is 2. The average Bonchev–Trinajstić information content (AvgIpc) is 2.33. The van der Waals surface area contributed by atoms with Crippen LogP contribution in [0.4, 0.5) is 0 Å². The lowest BCUT2D eigenvalue weighted by Gasteiger charge is -2.11. The largest absolute Gasteiger partial charge is 0.507 e. The van der Waals surface area contributed by atoms with Crippen LogP contribution in [0.25, 0.3) is 0 Å². The molecule has 0 amide bonds. The summed E-state index contributed by atoms with van der Waals surface area (Å²) in [5.41, 5.74) is 1.58. The van der Waals surface area contributed by atoms with E-state index in [0.29, 0.717) is 10.1 Å². The number of aromatic nitrogens is 2. The normalized spacial score (nSPS) is 10.5. The van der Waals surface area contributed by atoms with Crippen molar-refractivity contribution in [1.82, 2.24) is 9.55 Å². The molecule has 0 aliphatic rings. The molecule has 2 rings (SSSR count).